The van der Waals surface area contributed by atoms with Crippen LogP contribution in [-0.4, -0.2) is 67.9 Å². The fourth-order valence-corrected chi connectivity index (χ4v) is 2.77. The number of amides is 1. The molecule has 1 fully saturated rings. The molecule has 0 unspecified atom stereocenters. The maximum absolute atomic E-state index is 11.8. The van der Waals surface area contributed by atoms with Crippen molar-refractivity contribution in [2.75, 3.05) is 45.9 Å². The number of carbonyl (C=O) groups excluding carboxylic acids is 2. The predicted molar refractivity (Wildman–Crippen MR) is 87.9 cm³/mol. The molecule has 128 valence electrons. The standard InChI is InChI=1S/C17H32N2O3/c1-2-22-16-17(21)19-13-11-18(12-14-19)10-8-6-4-3-5-7-9-15-20/h15H,2-14,16H2,1H3. The highest BCUT2D eigenvalue weighted by Crippen LogP contribution is 2.09. The van der Waals surface area contributed by atoms with E-state index >= 15 is 0 Å². The summed E-state index contributed by atoms with van der Waals surface area (Å²) in [5.41, 5.74) is 0. The van der Waals surface area contributed by atoms with Crippen molar-refractivity contribution in [2.24, 2.45) is 0 Å². The summed E-state index contributed by atoms with van der Waals surface area (Å²) in [4.78, 5) is 26.4. The van der Waals surface area contributed by atoms with Crippen molar-refractivity contribution in [1.82, 2.24) is 9.80 Å². The third-order valence-electron chi connectivity index (χ3n) is 4.20. The van der Waals surface area contributed by atoms with Gasteiger partial charge in [-0.25, -0.2) is 0 Å². The normalized spacial score (nSPS) is 16.0. The molecule has 1 rings (SSSR count). The Kier molecular flexibility index (Phi) is 10.9. The molecule has 1 aliphatic rings. The molecule has 0 saturated carbocycles. The number of piperazine rings is 1. The van der Waals surface area contributed by atoms with E-state index < -0.39 is 0 Å². The van der Waals surface area contributed by atoms with E-state index in [0.717, 1.165) is 45.4 Å². The van der Waals surface area contributed by atoms with Gasteiger partial charge in [0.25, 0.3) is 0 Å². The quantitative estimate of drug-likeness (QED) is 0.409. The number of hydrogen-bond acceptors (Lipinski definition) is 4. The lowest BCUT2D eigenvalue weighted by atomic mass is 10.1. The number of hydrogen-bond donors (Lipinski definition) is 0. The molecule has 1 heterocycles. The van der Waals surface area contributed by atoms with Crippen LogP contribution < -0.4 is 0 Å². The Bertz CT molecular complexity index is 302. The molecular formula is C17H32N2O3. The molecule has 0 radical (unpaired) electrons. The van der Waals surface area contributed by atoms with Gasteiger partial charge in [0.05, 0.1) is 0 Å². The minimum Gasteiger partial charge on any atom is -0.372 e. The Morgan fingerprint density at radius 1 is 1.00 bits per heavy atom. The van der Waals surface area contributed by atoms with Gasteiger partial charge in [0.2, 0.25) is 5.91 Å². The summed E-state index contributed by atoms with van der Waals surface area (Å²) in [5.74, 6) is 0.122. The fourth-order valence-electron chi connectivity index (χ4n) is 2.77. The van der Waals surface area contributed by atoms with E-state index in [2.05, 4.69) is 4.90 Å². The van der Waals surface area contributed by atoms with Gasteiger partial charge in [-0.15, -0.1) is 0 Å². The van der Waals surface area contributed by atoms with E-state index in [-0.39, 0.29) is 12.5 Å². The summed E-state index contributed by atoms with van der Waals surface area (Å²) in [6.45, 7) is 7.50. The Morgan fingerprint density at radius 2 is 1.64 bits per heavy atom. The number of unbranched alkanes of at least 4 members (excludes halogenated alkanes) is 6. The Labute approximate surface area is 135 Å². The summed E-state index contributed by atoms with van der Waals surface area (Å²) >= 11 is 0. The molecule has 0 bridgehead atoms. The van der Waals surface area contributed by atoms with Gasteiger partial charge in [-0.2, -0.15) is 0 Å². The molecule has 0 aromatic carbocycles. The van der Waals surface area contributed by atoms with Crippen molar-refractivity contribution < 1.29 is 14.3 Å². The zero-order valence-electron chi connectivity index (χ0n) is 14.1. The Morgan fingerprint density at radius 3 is 2.27 bits per heavy atom. The van der Waals surface area contributed by atoms with Crippen molar-refractivity contribution in [2.45, 2.75) is 51.9 Å². The number of aldehydes is 1. The van der Waals surface area contributed by atoms with Crippen LogP contribution >= 0.6 is 0 Å². The van der Waals surface area contributed by atoms with Crippen LogP contribution in [0.2, 0.25) is 0 Å². The second-order valence-corrected chi connectivity index (χ2v) is 5.94. The predicted octanol–water partition coefficient (Wildman–Crippen LogP) is 2.10. The van der Waals surface area contributed by atoms with Gasteiger partial charge >= 0.3 is 0 Å². The lowest BCUT2D eigenvalue weighted by Crippen LogP contribution is -2.49. The van der Waals surface area contributed by atoms with Crippen molar-refractivity contribution in [3.05, 3.63) is 0 Å². The largest absolute Gasteiger partial charge is 0.372 e. The molecule has 1 aliphatic heterocycles. The number of ether oxygens (including phenoxy) is 1. The van der Waals surface area contributed by atoms with Crippen molar-refractivity contribution in [3.8, 4) is 0 Å². The van der Waals surface area contributed by atoms with Gasteiger partial charge in [-0.3, -0.25) is 9.69 Å². The second kappa shape index (κ2) is 12.6. The highest BCUT2D eigenvalue weighted by molar-refractivity contribution is 5.77. The topological polar surface area (TPSA) is 49.9 Å². The maximum Gasteiger partial charge on any atom is 0.248 e. The third kappa shape index (κ3) is 8.49. The van der Waals surface area contributed by atoms with E-state index in [1.54, 1.807) is 0 Å². The Balaban J connectivity index is 1.97. The van der Waals surface area contributed by atoms with E-state index in [1.807, 2.05) is 11.8 Å². The van der Waals surface area contributed by atoms with E-state index in [1.165, 1.54) is 32.1 Å². The lowest BCUT2D eigenvalue weighted by Gasteiger charge is -2.34. The van der Waals surface area contributed by atoms with Crippen LogP contribution in [0.4, 0.5) is 0 Å². The average molecular weight is 312 g/mol. The van der Waals surface area contributed by atoms with Gasteiger partial charge in [-0.05, 0) is 26.3 Å². The van der Waals surface area contributed by atoms with Gasteiger partial charge in [0.1, 0.15) is 12.9 Å². The molecule has 0 atom stereocenters. The first-order valence-electron chi connectivity index (χ1n) is 8.79. The smallest absolute Gasteiger partial charge is 0.248 e. The average Bonchev–Trinajstić information content (AvgIpc) is 2.55. The molecule has 0 aliphatic carbocycles. The SMILES string of the molecule is CCOCC(=O)N1CCN(CCCCCCCCC=O)CC1. The lowest BCUT2D eigenvalue weighted by molar-refractivity contribution is -0.137. The van der Waals surface area contributed by atoms with Crippen LogP contribution in [0.1, 0.15) is 51.9 Å². The van der Waals surface area contributed by atoms with Crippen LogP contribution in [0, 0.1) is 0 Å². The van der Waals surface area contributed by atoms with Gasteiger partial charge in [0, 0.05) is 39.2 Å². The highest BCUT2D eigenvalue weighted by Gasteiger charge is 2.20. The molecule has 5 nitrogen and oxygen atoms in total. The first-order chi connectivity index (χ1) is 10.8. The van der Waals surface area contributed by atoms with E-state index in [0.29, 0.717) is 13.0 Å². The van der Waals surface area contributed by atoms with E-state index in [9.17, 15) is 9.59 Å². The Hall–Kier alpha value is -0.940. The van der Waals surface area contributed by atoms with Crippen LogP contribution in [0.5, 0.6) is 0 Å². The van der Waals surface area contributed by atoms with Crippen molar-refractivity contribution in [3.63, 3.8) is 0 Å². The summed E-state index contributed by atoms with van der Waals surface area (Å²) in [5, 5.41) is 0. The molecule has 5 heteroatoms. The summed E-state index contributed by atoms with van der Waals surface area (Å²) < 4.78 is 5.18. The molecule has 0 aromatic heterocycles. The third-order valence-corrected chi connectivity index (χ3v) is 4.20. The first kappa shape index (κ1) is 19.1. The second-order valence-electron chi connectivity index (χ2n) is 5.94. The van der Waals surface area contributed by atoms with Gasteiger partial charge in [0.15, 0.2) is 0 Å². The molecule has 1 amide bonds. The van der Waals surface area contributed by atoms with Gasteiger partial charge < -0.3 is 14.4 Å². The fraction of sp³-hybridized carbons (Fsp3) is 0.882. The zero-order valence-corrected chi connectivity index (χ0v) is 14.1. The molecule has 0 aromatic rings. The van der Waals surface area contributed by atoms with Crippen LogP contribution in [0.25, 0.3) is 0 Å². The first-order valence-corrected chi connectivity index (χ1v) is 8.79. The summed E-state index contributed by atoms with van der Waals surface area (Å²) in [7, 11) is 0. The minimum atomic E-state index is 0.122. The molecule has 0 N–H and O–H groups in total. The zero-order chi connectivity index (χ0) is 16.0. The van der Waals surface area contributed by atoms with Crippen LogP contribution in [0.15, 0.2) is 0 Å². The number of nitrogens with zero attached hydrogens (tertiary/aromatic N) is 2. The molecular weight excluding hydrogens is 280 g/mol. The monoisotopic (exact) mass is 312 g/mol. The van der Waals surface area contributed by atoms with Crippen LogP contribution in [-0.2, 0) is 14.3 Å². The van der Waals surface area contributed by atoms with Crippen molar-refractivity contribution >= 4 is 12.2 Å². The van der Waals surface area contributed by atoms with E-state index in [4.69, 9.17) is 4.74 Å². The van der Waals surface area contributed by atoms with Crippen LogP contribution in [0.3, 0.4) is 0 Å². The maximum atomic E-state index is 11.8. The summed E-state index contributed by atoms with van der Waals surface area (Å²) in [6.07, 6.45) is 8.97. The highest BCUT2D eigenvalue weighted by atomic mass is 16.5. The molecule has 1 saturated heterocycles. The minimum absolute atomic E-state index is 0.122. The van der Waals surface area contributed by atoms with Gasteiger partial charge in [-0.1, -0.05) is 25.7 Å². The molecule has 22 heavy (non-hydrogen) atoms. The number of rotatable bonds is 12. The van der Waals surface area contributed by atoms with Crippen molar-refractivity contribution in [1.29, 1.82) is 0 Å². The number of carbonyl (C=O) groups is 2. The summed E-state index contributed by atoms with van der Waals surface area (Å²) in [6, 6.07) is 0. The molecule has 0 spiro atoms.